The van der Waals surface area contributed by atoms with E-state index in [1.165, 1.54) is 0 Å². The summed E-state index contributed by atoms with van der Waals surface area (Å²) < 4.78 is 5.05. The average Bonchev–Trinajstić information content (AvgIpc) is 2.22. The van der Waals surface area contributed by atoms with Crippen LogP contribution in [0.1, 0.15) is 33.6 Å². The smallest absolute Gasteiger partial charge is 0.407 e. The van der Waals surface area contributed by atoms with Gasteiger partial charge < -0.3 is 15.4 Å². The summed E-state index contributed by atoms with van der Waals surface area (Å²) in [4.78, 5) is 22.6. The molecular weight excluding hydrogens is 252 g/mol. The van der Waals surface area contributed by atoms with Gasteiger partial charge in [-0.15, -0.1) is 0 Å². The second-order valence-corrected chi connectivity index (χ2v) is 5.86. The van der Waals surface area contributed by atoms with E-state index < -0.39 is 11.7 Å². The van der Waals surface area contributed by atoms with Crippen LogP contribution in [0.3, 0.4) is 0 Å². The first-order chi connectivity index (χ1) is 8.35. The summed E-state index contributed by atoms with van der Waals surface area (Å²) in [5.74, 6) is 0.989. The number of thioether (sulfide) groups is 1. The van der Waals surface area contributed by atoms with Crippen molar-refractivity contribution in [1.29, 1.82) is 0 Å². The van der Waals surface area contributed by atoms with Gasteiger partial charge in [-0.2, -0.15) is 11.8 Å². The standard InChI is InChI=1S/C12H24N2O3S/c1-12(2,3)17-11(16)14-8-6-10(15)13-7-5-9-18-4/h5-9H2,1-4H3,(H,13,15)(H,14,16). The first-order valence-electron chi connectivity index (χ1n) is 6.07. The molecule has 0 bridgehead atoms. The molecule has 2 amide bonds. The van der Waals surface area contributed by atoms with Crippen LogP contribution in [0.25, 0.3) is 0 Å². The molecule has 0 aliphatic rings. The summed E-state index contributed by atoms with van der Waals surface area (Å²) >= 11 is 1.76. The molecule has 0 atom stereocenters. The van der Waals surface area contributed by atoms with Gasteiger partial charge in [-0.05, 0) is 39.2 Å². The predicted octanol–water partition coefficient (Wildman–Crippen LogP) is 1.77. The van der Waals surface area contributed by atoms with Crippen LogP contribution in [0.5, 0.6) is 0 Å². The molecule has 0 saturated carbocycles. The minimum Gasteiger partial charge on any atom is -0.444 e. The third-order valence-electron chi connectivity index (χ3n) is 1.87. The number of ether oxygens (including phenoxy) is 1. The summed E-state index contributed by atoms with van der Waals surface area (Å²) in [6.07, 6.45) is 2.79. The van der Waals surface area contributed by atoms with Crippen LogP contribution in [-0.2, 0) is 9.53 Å². The molecular formula is C12H24N2O3S. The van der Waals surface area contributed by atoms with E-state index in [0.717, 1.165) is 12.2 Å². The van der Waals surface area contributed by atoms with Gasteiger partial charge in [0, 0.05) is 19.5 Å². The minimum atomic E-state index is -0.510. The minimum absolute atomic E-state index is 0.0489. The molecule has 0 fully saturated rings. The Morgan fingerprint density at radius 3 is 2.39 bits per heavy atom. The molecule has 0 rings (SSSR count). The zero-order valence-electron chi connectivity index (χ0n) is 11.7. The second-order valence-electron chi connectivity index (χ2n) is 4.87. The van der Waals surface area contributed by atoms with E-state index in [1.807, 2.05) is 6.26 Å². The van der Waals surface area contributed by atoms with Crippen LogP contribution in [0.4, 0.5) is 4.79 Å². The van der Waals surface area contributed by atoms with Crippen molar-refractivity contribution in [2.24, 2.45) is 0 Å². The van der Waals surface area contributed by atoms with Gasteiger partial charge in [0.25, 0.3) is 0 Å². The number of amides is 2. The molecule has 0 radical (unpaired) electrons. The fourth-order valence-corrected chi connectivity index (χ4v) is 1.56. The largest absolute Gasteiger partial charge is 0.444 e. The molecule has 106 valence electrons. The highest BCUT2D eigenvalue weighted by Gasteiger charge is 2.15. The van der Waals surface area contributed by atoms with Crippen molar-refractivity contribution in [3.8, 4) is 0 Å². The summed E-state index contributed by atoms with van der Waals surface area (Å²) in [7, 11) is 0. The number of nitrogens with one attached hydrogen (secondary N) is 2. The molecule has 0 aromatic carbocycles. The van der Waals surface area contributed by atoms with E-state index >= 15 is 0 Å². The number of alkyl carbamates (subject to hydrolysis) is 1. The highest BCUT2D eigenvalue weighted by atomic mass is 32.2. The lowest BCUT2D eigenvalue weighted by molar-refractivity contribution is -0.120. The van der Waals surface area contributed by atoms with E-state index in [9.17, 15) is 9.59 Å². The second kappa shape index (κ2) is 9.08. The average molecular weight is 276 g/mol. The van der Waals surface area contributed by atoms with Gasteiger partial charge in [-0.1, -0.05) is 0 Å². The number of carbonyl (C=O) groups is 2. The van der Waals surface area contributed by atoms with Gasteiger partial charge in [0.2, 0.25) is 5.91 Å². The Hall–Kier alpha value is -0.910. The summed E-state index contributed by atoms with van der Waals surface area (Å²) in [5.41, 5.74) is -0.510. The van der Waals surface area contributed by atoms with Crippen LogP contribution < -0.4 is 10.6 Å². The first kappa shape index (κ1) is 17.1. The molecule has 18 heavy (non-hydrogen) atoms. The Labute approximate surface area is 113 Å². The van der Waals surface area contributed by atoms with Crippen molar-refractivity contribution < 1.29 is 14.3 Å². The maximum Gasteiger partial charge on any atom is 0.407 e. The predicted molar refractivity (Wildman–Crippen MR) is 74.9 cm³/mol. The van der Waals surface area contributed by atoms with Crippen LogP contribution in [0.15, 0.2) is 0 Å². The number of carbonyl (C=O) groups excluding carboxylic acids is 2. The van der Waals surface area contributed by atoms with E-state index in [4.69, 9.17) is 4.74 Å². The Morgan fingerprint density at radius 2 is 1.83 bits per heavy atom. The maximum absolute atomic E-state index is 11.4. The Bertz CT molecular complexity index is 265. The van der Waals surface area contributed by atoms with Gasteiger partial charge in [-0.3, -0.25) is 4.79 Å². The summed E-state index contributed by atoms with van der Waals surface area (Å²) in [6.45, 7) is 6.37. The molecule has 0 aromatic heterocycles. The lowest BCUT2D eigenvalue weighted by Crippen LogP contribution is -2.35. The van der Waals surface area contributed by atoms with E-state index in [-0.39, 0.29) is 12.3 Å². The topological polar surface area (TPSA) is 67.4 Å². The molecule has 5 nitrogen and oxygen atoms in total. The van der Waals surface area contributed by atoms with Crippen molar-refractivity contribution in [3.63, 3.8) is 0 Å². The lowest BCUT2D eigenvalue weighted by atomic mass is 10.2. The molecule has 0 spiro atoms. The van der Waals surface area contributed by atoms with Crippen LogP contribution >= 0.6 is 11.8 Å². The summed E-state index contributed by atoms with van der Waals surface area (Å²) in [6, 6.07) is 0. The van der Waals surface area contributed by atoms with Gasteiger partial charge in [0.05, 0.1) is 0 Å². The van der Waals surface area contributed by atoms with Gasteiger partial charge >= 0.3 is 6.09 Å². The third kappa shape index (κ3) is 11.6. The Balaban J connectivity index is 3.53. The molecule has 0 aliphatic heterocycles. The van der Waals surface area contributed by atoms with Gasteiger partial charge in [-0.25, -0.2) is 4.79 Å². The van der Waals surface area contributed by atoms with Crippen molar-refractivity contribution in [2.75, 3.05) is 25.1 Å². The number of rotatable bonds is 7. The van der Waals surface area contributed by atoms with Crippen molar-refractivity contribution in [1.82, 2.24) is 10.6 Å². The Kier molecular flexibility index (Phi) is 8.62. The van der Waals surface area contributed by atoms with Crippen molar-refractivity contribution in [3.05, 3.63) is 0 Å². The maximum atomic E-state index is 11.4. The normalized spacial score (nSPS) is 10.9. The zero-order chi connectivity index (χ0) is 14.0. The fourth-order valence-electron chi connectivity index (χ4n) is 1.12. The fraction of sp³-hybridized carbons (Fsp3) is 0.833. The molecule has 0 aliphatic carbocycles. The van der Waals surface area contributed by atoms with Crippen molar-refractivity contribution in [2.45, 2.75) is 39.2 Å². The Morgan fingerprint density at radius 1 is 1.17 bits per heavy atom. The van der Waals surface area contributed by atoms with E-state index in [2.05, 4.69) is 10.6 Å². The van der Waals surface area contributed by atoms with Gasteiger partial charge in [0.15, 0.2) is 0 Å². The number of hydrogen-bond acceptors (Lipinski definition) is 4. The molecule has 6 heteroatoms. The highest BCUT2D eigenvalue weighted by Crippen LogP contribution is 2.06. The first-order valence-corrected chi connectivity index (χ1v) is 7.47. The van der Waals surface area contributed by atoms with Crippen LogP contribution in [-0.4, -0.2) is 42.7 Å². The molecule has 0 unspecified atom stereocenters. The third-order valence-corrected chi connectivity index (χ3v) is 2.56. The molecule has 0 saturated heterocycles. The number of hydrogen-bond donors (Lipinski definition) is 2. The SMILES string of the molecule is CSCCCNC(=O)CCNC(=O)OC(C)(C)C. The quantitative estimate of drug-likeness (QED) is 0.695. The molecule has 0 aromatic rings. The van der Waals surface area contributed by atoms with Crippen LogP contribution in [0.2, 0.25) is 0 Å². The van der Waals surface area contributed by atoms with Gasteiger partial charge in [0.1, 0.15) is 5.60 Å². The highest BCUT2D eigenvalue weighted by molar-refractivity contribution is 7.98. The monoisotopic (exact) mass is 276 g/mol. The van der Waals surface area contributed by atoms with Crippen molar-refractivity contribution >= 4 is 23.8 Å². The molecule has 0 heterocycles. The van der Waals surface area contributed by atoms with E-state index in [1.54, 1.807) is 32.5 Å². The molecule has 2 N–H and O–H groups in total. The zero-order valence-corrected chi connectivity index (χ0v) is 12.5. The van der Waals surface area contributed by atoms with Crippen LogP contribution in [0, 0.1) is 0 Å². The lowest BCUT2D eigenvalue weighted by Gasteiger charge is -2.19. The summed E-state index contributed by atoms with van der Waals surface area (Å²) in [5, 5.41) is 5.34. The van der Waals surface area contributed by atoms with E-state index in [0.29, 0.717) is 13.1 Å².